The van der Waals surface area contributed by atoms with E-state index in [4.69, 9.17) is 4.74 Å². The number of nitro groups is 1. The van der Waals surface area contributed by atoms with Gasteiger partial charge in [0.05, 0.1) is 27.1 Å². The second-order valence-electron chi connectivity index (χ2n) is 11.3. The van der Waals surface area contributed by atoms with Crippen LogP contribution >= 0.6 is 15.9 Å². The monoisotopic (exact) mass is 635 g/mol. The van der Waals surface area contributed by atoms with Crippen LogP contribution in [-0.4, -0.2) is 75.4 Å². The number of nitrogens with zero attached hydrogens (tertiary/aromatic N) is 5. The standard InChI is InChI=1S/C28H35BrFN5O6/c1-16(2)24-25(17(3)8-9-31-24)35(23(36)15-34(39)40)22-13-20(29)21(30)12-19(22)26(37)33-11-10-32(14-18(33)4)27(38)41-28(5,6)7/h8-9,12-13,16,18H,10-11,14-15H2,1-7H3/t18-/m0/s1. The summed E-state index contributed by atoms with van der Waals surface area (Å²) in [6.07, 6.45) is 1.07. The second kappa shape index (κ2) is 12.5. The molecule has 1 aliphatic heterocycles. The van der Waals surface area contributed by atoms with E-state index in [0.29, 0.717) is 16.9 Å². The quantitative estimate of drug-likeness (QED) is 0.306. The third kappa shape index (κ3) is 7.38. The molecule has 41 heavy (non-hydrogen) atoms. The summed E-state index contributed by atoms with van der Waals surface area (Å²) in [6, 6.07) is 3.48. The van der Waals surface area contributed by atoms with Crippen LogP contribution in [-0.2, 0) is 9.53 Å². The molecule has 2 aromatic rings. The molecule has 1 fully saturated rings. The van der Waals surface area contributed by atoms with Crippen molar-refractivity contribution in [2.24, 2.45) is 0 Å². The summed E-state index contributed by atoms with van der Waals surface area (Å²) >= 11 is 3.15. The van der Waals surface area contributed by atoms with Crippen molar-refractivity contribution in [1.29, 1.82) is 0 Å². The Bertz CT molecular complexity index is 1360. The van der Waals surface area contributed by atoms with E-state index in [2.05, 4.69) is 20.9 Å². The molecule has 0 radical (unpaired) electrons. The maximum atomic E-state index is 15.0. The highest BCUT2D eigenvalue weighted by Gasteiger charge is 2.36. The largest absolute Gasteiger partial charge is 0.444 e. The first kappa shape index (κ1) is 31.9. The predicted molar refractivity (Wildman–Crippen MR) is 154 cm³/mol. The van der Waals surface area contributed by atoms with Crippen molar-refractivity contribution in [3.05, 3.63) is 61.6 Å². The Labute approximate surface area is 246 Å². The average Bonchev–Trinajstić information content (AvgIpc) is 2.85. The van der Waals surface area contributed by atoms with Gasteiger partial charge >= 0.3 is 12.0 Å². The molecule has 1 saturated heterocycles. The van der Waals surface area contributed by atoms with Crippen LogP contribution in [0.2, 0.25) is 0 Å². The van der Waals surface area contributed by atoms with Crippen LogP contribution in [0, 0.1) is 22.9 Å². The van der Waals surface area contributed by atoms with E-state index in [1.165, 1.54) is 15.9 Å². The molecule has 1 aromatic heterocycles. The minimum atomic E-state index is -1.06. The lowest BCUT2D eigenvalue weighted by Gasteiger charge is -2.40. The Hall–Kier alpha value is -3.61. The normalized spacial score (nSPS) is 15.6. The number of carbonyl (C=O) groups is 3. The molecule has 3 amide bonds. The molecule has 2 heterocycles. The molecule has 13 heteroatoms. The van der Waals surface area contributed by atoms with E-state index in [0.717, 1.165) is 11.0 Å². The van der Waals surface area contributed by atoms with E-state index >= 15 is 0 Å². The molecule has 11 nitrogen and oxygen atoms in total. The van der Waals surface area contributed by atoms with Gasteiger partial charge in [-0.3, -0.25) is 29.6 Å². The van der Waals surface area contributed by atoms with E-state index < -0.39 is 46.8 Å². The van der Waals surface area contributed by atoms with Crippen LogP contribution in [0.4, 0.5) is 20.6 Å². The summed E-state index contributed by atoms with van der Waals surface area (Å²) in [6.45, 7) is 11.9. The van der Waals surface area contributed by atoms with Gasteiger partial charge in [0.15, 0.2) is 0 Å². The van der Waals surface area contributed by atoms with Crippen LogP contribution in [0.3, 0.4) is 0 Å². The van der Waals surface area contributed by atoms with Crippen molar-refractivity contribution >= 4 is 45.2 Å². The first-order chi connectivity index (χ1) is 19.0. The first-order valence-electron chi connectivity index (χ1n) is 13.2. The lowest BCUT2D eigenvalue weighted by Crippen LogP contribution is -2.56. The number of carbonyl (C=O) groups excluding carboxylic acids is 3. The van der Waals surface area contributed by atoms with Crippen LogP contribution in [0.5, 0.6) is 0 Å². The fourth-order valence-electron chi connectivity index (χ4n) is 4.64. The molecule has 0 unspecified atom stereocenters. The smallest absolute Gasteiger partial charge is 0.410 e. The Kier molecular flexibility index (Phi) is 9.73. The summed E-state index contributed by atoms with van der Waals surface area (Å²) in [5.41, 5.74) is 0.520. The van der Waals surface area contributed by atoms with Gasteiger partial charge in [-0.05, 0) is 80.2 Å². The van der Waals surface area contributed by atoms with Crippen molar-refractivity contribution in [3.63, 3.8) is 0 Å². The van der Waals surface area contributed by atoms with Gasteiger partial charge in [0.1, 0.15) is 11.4 Å². The van der Waals surface area contributed by atoms with Crippen LogP contribution in [0.25, 0.3) is 0 Å². The summed E-state index contributed by atoms with van der Waals surface area (Å²) in [7, 11) is 0. The number of pyridine rings is 1. The van der Waals surface area contributed by atoms with Gasteiger partial charge in [-0.1, -0.05) is 13.8 Å². The molecule has 0 saturated carbocycles. The highest BCUT2D eigenvalue weighted by molar-refractivity contribution is 9.10. The van der Waals surface area contributed by atoms with E-state index in [1.807, 2.05) is 13.8 Å². The summed E-state index contributed by atoms with van der Waals surface area (Å²) in [5, 5.41) is 11.4. The van der Waals surface area contributed by atoms with Crippen molar-refractivity contribution in [2.45, 2.75) is 66.0 Å². The summed E-state index contributed by atoms with van der Waals surface area (Å²) < 4.78 is 20.4. The third-order valence-corrected chi connectivity index (χ3v) is 7.10. The highest BCUT2D eigenvalue weighted by Crippen LogP contribution is 2.39. The lowest BCUT2D eigenvalue weighted by atomic mass is 10.0. The molecule has 1 aromatic carbocycles. The number of ether oxygens (including phenoxy) is 1. The van der Waals surface area contributed by atoms with Crippen molar-refractivity contribution in [3.8, 4) is 0 Å². The van der Waals surface area contributed by atoms with Crippen LogP contribution in [0.1, 0.15) is 69.1 Å². The number of benzene rings is 1. The molecule has 0 aliphatic carbocycles. The van der Waals surface area contributed by atoms with Crippen molar-refractivity contribution in [2.75, 3.05) is 31.1 Å². The van der Waals surface area contributed by atoms with E-state index in [1.54, 1.807) is 46.9 Å². The molecule has 1 aliphatic rings. The van der Waals surface area contributed by atoms with Gasteiger partial charge in [0.2, 0.25) is 0 Å². The molecule has 0 N–H and O–H groups in total. The van der Waals surface area contributed by atoms with E-state index in [9.17, 15) is 28.9 Å². The van der Waals surface area contributed by atoms with E-state index in [-0.39, 0.29) is 41.3 Å². The zero-order valence-corrected chi connectivity index (χ0v) is 25.8. The molecule has 0 bridgehead atoms. The first-order valence-corrected chi connectivity index (χ1v) is 14.0. The van der Waals surface area contributed by atoms with Gasteiger partial charge in [0, 0.05) is 36.8 Å². The lowest BCUT2D eigenvalue weighted by molar-refractivity contribution is -0.467. The minimum Gasteiger partial charge on any atom is -0.444 e. The van der Waals surface area contributed by atoms with Gasteiger partial charge < -0.3 is 14.5 Å². The molecule has 222 valence electrons. The molecular weight excluding hydrogens is 601 g/mol. The number of hydrogen-bond donors (Lipinski definition) is 0. The van der Waals surface area contributed by atoms with Gasteiger partial charge in [-0.15, -0.1) is 0 Å². The maximum absolute atomic E-state index is 15.0. The SMILES string of the molecule is Cc1ccnc(C(C)C)c1N(C(=O)C[N+](=O)[O-])c1cc(Br)c(F)cc1C(=O)N1CCN(C(=O)OC(C)(C)C)C[C@@H]1C. The molecule has 1 atom stereocenters. The molecular formula is C28H35BrFN5O6. The van der Waals surface area contributed by atoms with Gasteiger partial charge in [0.25, 0.3) is 12.5 Å². The Morgan fingerprint density at radius 2 is 1.93 bits per heavy atom. The predicted octanol–water partition coefficient (Wildman–Crippen LogP) is 5.44. The average molecular weight is 637 g/mol. The number of halogens is 2. The van der Waals surface area contributed by atoms with Crippen molar-refractivity contribution in [1.82, 2.24) is 14.8 Å². The Morgan fingerprint density at radius 3 is 2.49 bits per heavy atom. The number of hydrogen-bond acceptors (Lipinski definition) is 7. The number of amides is 3. The third-order valence-electron chi connectivity index (χ3n) is 6.49. The zero-order chi connectivity index (χ0) is 30.8. The fourth-order valence-corrected chi connectivity index (χ4v) is 4.98. The Morgan fingerprint density at radius 1 is 1.27 bits per heavy atom. The highest BCUT2D eigenvalue weighted by atomic mass is 79.9. The zero-order valence-electron chi connectivity index (χ0n) is 24.2. The number of rotatable bonds is 6. The fraction of sp³-hybridized carbons (Fsp3) is 0.500. The topological polar surface area (TPSA) is 126 Å². The van der Waals surface area contributed by atoms with Gasteiger partial charge in [-0.25, -0.2) is 9.18 Å². The number of anilines is 2. The number of piperazine rings is 1. The summed E-state index contributed by atoms with van der Waals surface area (Å²) in [5.74, 6) is -2.43. The maximum Gasteiger partial charge on any atom is 0.410 e. The van der Waals surface area contributed by atoms with Crippen LogP contribution in [0.15, 0.2) is 28.9 Å². The minimum absolute atomic E-state index is 0.0186. The number of aromatic nitrogens is 1. The van der Waals surface area contributed by atoms with Gasteiger partial charge in [-0.2, -0.15) is 0 Å². The van der Waals surface area contributed by atoms with Crippen molar-refractivity contribution < 1.29 is 28.4 Å². The number of aryl methyl sites for hydroxylation is 1. The summed E-state index contributed by atoms with van der Waals surface area (Å²) in [4.78, 5) is 59.3. The Balaban J connectivity index is 2.11. The molecule has 0 spiro atoms. The molecule has 3 rings (SSSR count). The van der Waals surface area contributed by atoms with Crippen LogP contribution < -0.4 is 4.90 Å². The second-order valence-corrected chi connectivity index (χ2v) is 12.1.